The van der Waals surface area contributed by atoms with Crippen molar-refractivity contribution in [2.45, 2.75) is 59.0 Å². The van der Waals surface area contributed by atoms with Crippen molar-refractivity contribution in [2.75, 3.05) is 13.1 Å². The minimum absolute atomic E-state index is 0.357. The van der Waals surface area contributed by atoms with Crippen molar-refractivity contribution in [3.63, 3.8) is 0 Å². The second-order valence-electron chi connectivity index (χ2n) is 6.14. The van der Waals surface area contributed by atoms with Crippen molar-refractivity contribution in [3.8, 4) is 5.75 Å². The van der Waals surface area contributed by atoms with E-state index in [1.165, 1.54) is 24.8 Å². The van der Waals surface area contributed by atoms with E-state index in [4.69, 9.17) is 4.74 Å². The summed E-state index contributed by atoms with van der Waals surface area (Å²) >= 11 is 0. The van der Waals surface area contributed by atoms with Crippen molar-refractivity contribution < 1.29 is 4.74 Å². The molecule has 1 aliphatic heterocycles. The third-order valence-electron chi connectivity index (χ3n) is 4.80. The molecule has 112 valence electrons. The van der Waals surface area contributed by atoms with Gasteiger partial charge in [0.1, 0.15) is 11.9 Å². The predicted octanol–water partition coefficient (Wildman–Crippen LogP) is 4.19. The molecule has 0 fully saturated rings. The van der Waals surface area contributed by atoms with Gasteiger partial charge in [0.15, 0.2) is 0 Å². The molecule has 1 unspecified atom stereocenters. The van der Waals surface area contributed by atoms with Crippen LogP contribution in [0.3, 0.4) is 0 Å². The van der Waals surface area contributed by atoms with E-state index in [2.05, 4.69) is 50.4 Å². The van der Waals surface area contributed by atoms with E-state index in [0.717, 1.165) is 31.7 Å². The van der Waals surface area contributed by atoms with Crippen LogP contribution >= 0.6 is 0 Å². The lowest BCUT2D eigenvalue weighted by atomic mass is 9.76. The van der Waals surface area contributed by atoms with Gasteiger partial charge in [0.25, 0.3) is 0 Å². The van der Waals surface area contributed by atoms with Gasteiger partial charge >= 0.3 is 0 Å². The molecular formula is C18H29NO. The van der Waals surface area contributed by atoms with Gasteiger partial charge in [-0.25, -0.2) is 0 Å². The van der Waals surface area contributed by atoms with Crippen LogP contribution in [0.4, 0.5) is 0 Å². The number of fused-ring (bicyclic) bond motifs is 1. The standard InChI is InChI=1S/C18H29NO/c1-4-11-19-14-18(5-2,6-3)13-16-12-15-9-7-8-10-17(15)20-16/h7-10,16,19H,4-6,11-14H2,1-3H3. The molecule has 0 aliphatic carbocycles. The maximum atomic E-state index is 6.14. The molecule has 0 aromatic heterocycles. The summed E-state index contributed by atoms with van der Waals surface area (Å²) in [5.41, 5.74) is 1.75. The van der Waals surface area contributed by atoms with E-state index in [1.807, 2.05) is 0 Å². The zero-order valence-electron chi connectivity index (χ0n) is 13.2. The van der Waals surface area contributed by atoms with Gasteiger partial charge in [-0.05, 0) is 49.3 Å². The smallest absolute Gasteiger partial charge is 0.123 e. The van der Waals surface area contributed by atoms with Gasteiger partial charge in [-0.1, -0.05) is 39.0 Å². The Morgan fingerprint density at radius 2 is 1.95 bits per heavy atom. The number of para-hydroxylation sites is 1. The number of hydrogen-bond acceptors (Lipinski definition) is 2. The quantitative estimate of drug-likeness (QED) is 0.718. The molecule has 0 amide bonds. The van der Waals surface area contributed by atoms with Gasteiger partial charge in [-0.3, -0.25) is 0 Å². The van der Waals surface area contributed by atoms with Crippen LogP contribution in [0.5, 0.6) is 5.75 Å². The average molecular weight is 275 g/mol. The maximum Gasteiger partial charge on any atom is 0.123 e. The predicted molar refractivity (Wildman–Crippen MR) is 85.4 cm³/mol. The van der Waals surface area contributed by atoms with Crippen LogP contribution in [0.25, 0.3) is 0 Å². The second kappa shape index (κ2) is 7.12. The molecule has 2 heteroatoms. The molecule has 0 saturated heterocycles. The molecule has 0 bridgehead atoms. The average Bonchev–Trinajstić information content (AvgIpc) is 2.88. The van der Waals surface area contributed by atoms with Crippen molar-refractivity contribution in [1.82, 2.24) is 5.32 Å². The molecule has 1 atom stereocenters. The first-order valence-corrected chi connectivity index (χ1v) is 8.18. The normalized spacial score (nSPS) is 17.9. The third kappa shape index (κ3) is 3.54. The van der Waals surface area contributed by atoms with E-state index in [-0.39, 0.29) is 0 Å². The highest BCUT2D eigenvalue weighted by atomic mass is 16.5. The van der Waals surface area contributed by atoms with Crippen LogP contribution in [-0.2, 0) is 6.42 Å². The highest BCUT2D eigenvalue weighted by Gasteiger charge is 2.33. The van der Waals surface area contributed by atoms with Gasteiger partial charge in [0, 0.05) is 13.0 Å². The summed E-state index contributed by atoms with van der Waals surface area (Å²) in [5.74, 6) is 1.10. The van der Waals surface area contributed by atoms with E-state index in [0.29, 0.717) is 11.5 Å². The van der Waals surface area contributed by atoms with E-state index in [1.54, 1.807) is 0 Å². The van der Waals surface area contributed by atoms with Crippen LogP contribution in [0.2, 0.25) is 0 Å². The number of benzene rings is 1. The molecule has 1 heterocycles. The lowest BCUT2D eigenvalue weighted by Crippen LogP contribution is -2.37. The summed E-state index contributed by atoms with van der Waals surface area (Å²) in [5, 5.41) is 3.62. The maximum absolute atomic E-state index is 6.14. The zero-order valence-corrected chi connectivity index (χ0v) is 13.2. The highest BCUT2D eigenvalue weighted by molar-refractivity contribution is 5.37. The first-order valence-electron chi connectivity index (χ1n) is 8.18. The Kier molecular flexibility index (Phi) is 5.47. The Balaban J connectivity index is 1.96. The van der Waals surface area contributed by atoms with E-state index in [9.17, 15) is 0 Å². The highest BCUT2D eigenvalue weighted by Crippen LogP contribution is 2.37. The summed E-state index contributed by atoms with van der Waals surface area (Å²) in [6, 6.07) is 8.48. The molecule has 0 radical (unpaired) electrons. The first-order chi connectivity index (χ1) is 9.73. The largest absolute Gasteiger partial charge is 0.490 e. The van der Waals surface area contributed by atoms with Crippen LogP contribution in [0.15, 0.2) is 24.3 Å². The van der Waals surface area contributed by atoms with Gasteiger partial charge in [0.05, 0.1) is 0 Å². The molecular weight excluding hydrogens is 246 g/mol. The van der Waals surface area contributed by atoms with Crippen molar-refractivity contribution in [3.05, 3.63) is 29.8 Å². The lowest BCUT2D eigenvalue weighted by molar-refractivity contribution is 0.122. The molecule has 2 rings (SSSR count). The third-order valence-corrected chi connectivity index (χ3v) is 4.80. The van der Waals surface area contributed by atoms with Crippen LogP contribution < -0.4 is 10.1 Å². The van der Waals surface area contributed by atoms with Gasteiger partial charge in [-0.2, -0.15) is 0 Å². The summed E-state index contributed by atoms with van der Waals surface area (Å²) < 4.78 is 6.14. The fourth-order valence-corrected chi connectivity index (χ4v) is 3.24. The fourth-order valence-electron chi connectivity index (χ4n) is 3.24. The topological polar surface area (TPSA) is 21.3 Å². The molecule has 2 nitrogen and oxygen atoms in total. The van der Waals surface area contributed by atoms with Gasteiger partial charge < -0.3 is 10.1 Å². The molecule has 1 aromatic carbocycles. The van der Waals surface area contributed by atoms with Crippen molar-refractivity contribution in [1.29, 1.82) is 0 Å². The Labute approximate surface area is 123 Å². The number of nitrogens with one attached hydrogen (secondary N) is 1. The van der Waals surface area contributed by atoms with E-state index < -0.39 is 0 Å². The number of hydrogen-bond donors (Lipinski definition) is 1. The van der Waals surface area contributed by atoms with Crippen molar-refractivity contribution >= 4 is 0 Å². The van der Waals surface area contributed by atoms with Crippen molar-refractivity contribution in [2.24, 2.45) is 5.41 Å². The van der Waals surface area contributed by atoms with Crippen LogP contribution in [0.1, 0.15) is 52.0 Å². The summed E-state index contributed by atoms with van der Waals surface area (Å²) in [7, 11) is 0. The fraction of sp³-hybridized carbons (Fsp3) is 0.667. The molecule has 1 aliphatic rings. The van der Waals surface area contributed by atoms with Crippen LogP contribution in [-0.4, -0.2) is 19.2 Å². The Morgan fingerprint density at radius 3 is 2.60 bits per heavy atom. The molecule has 1 N–H and O–H groups in total. The van der Waals surface area contributed by atoms with Gasteiger partial charge in [-0.15, -0.1) is 0 Å². The number of rotatable bonds is 8. The number of ether oxygens (including phenoxy) is 1. The Hall–Kier alpha value is -1.02. The zero-order chi connectivity index (χ0) is 14.4. The summed E-state index contributed by atoms with van der Waals surface area (Å²) in [6.07, 6.45) is 6.23. The van der Waals surface area contributed by atoms with Crippen LogP contribution in [0, 0.1) is 5.41 Å². The second-order valence-corrected chi connectivity index (χ2v) is 6.14. The lowest BCUT2D eigenvalue weighted by Gasteiger charge is -2.34. The minimum Gasteiger partial charge on any atom is -0.490 e. The monoisotopic (exact) mass is 275 g/mol. The molecule has 1 aromatic rings. The molecule has 0 spiro atoms. The Bertz CT molecular complexity index is 387. The molecule has 20 heavy (non-hydrogen) atoms. The van der Waals surface area contributed by atoms with E-state index >= 15 is 0 Å². The SMILES string of the molecule is CCCNCC(CC)(CC)CC1Cc2ccccc2O1. The summed E-state index contributed by atoms with van der Waals surface area (Å²) in [4.78, 5) is 0. The first kappa shape index (κ1) is 15.4. The minimum atomic E-state index is 0.357. The summed E-state index contributed by atoms with van der Waals surface area (Å²) in [6.45, 7) is 9.10. The molecule has 0 saturated carbocycles. The Morgan fingerprint density at radius 1 is 1.20 bits per heavy atom. The van der Waals surface area contributed by atoms with Gasteiger partial charge in [0.2, 0.25) is 0 Å².